The quantitative estimate of drug-likeness (QED) is 0.568. The third-order valence-corrected chi connectivity index (χ3v) is 6.09. The van der Waals surface area contributed by atoms with Crippen molar-refractivity contribution in [3.05, 3.63) is 5.92 Å². The van der Waals surface area contributed by atoms with Gasteiger partial charge in [-0.25, -0.2) is 0 Å². The zero-order chi connectivity index (χ0) is 12.5. The summed E-state index contributed by atoms with van der Waals surface area (Å²) in [6.07, 6.45) is 5.11. The zero-order valence-electron chi connectivity index (χ0n) is 11.7. The van der Waals surface area contributed by atoms with Gasteiger partial charge in [-0.05, 0) is 40.2 Å². The van der Waals surface area contributed by atoms with Crippen LogP contribution in [-0.4, -0.2) is 31.3 Å². The molecular formula is C14H23BNO2+. The second-order valence-electron chi connectivity index (χ2n) is 7.28. The lowest BCUT2D eigenvalue weighted by Crippen LogP contribution is -2.64. The molecule has 5 rings (SSSR count). The molecule has 0 aromatic carbocycles. The summed E-state index contributed by atoms with van der Waals surface area (Å²) in [5.74, 6) is 2.75. The van der Waals surface area contributed by atoms with E-state index in [0.717, 1.165) is 13.0 Å². The van der Waals surface area contributed by atoms with Gasteiger partial charge in [0.1, 0.15) is 24.4 Å². The van der Waals surface area contributed by atoms with Crippen LogP contribution in [-0.2, 0) is 9.31 Å². The summed E-state index contributed by atoms with van der Waals surface area (Å²) >= 11 is 0. The molecule has 0 amide bonds. The van der Waals surface area contributed by atoms with Gasteiger partial charge in [0.15, 0.2) is 0 Å². The lowest BCUT2D eigenvalue weighted by molar-refractivity contribution is -0.133. The van der Waals surface area contributed by atoms with E-state index in [2.05, 4.69) is 26.1 Å². The van der Waals surface area contributed by atoms with Crippen molar-refractivity contribution in [2.24, 2.45) is 11.3 Å². The van der Waals surface area contributed by atoms with Crippen LogP contribution in [0.25, 0.3) is 0 Å². The summed E-state index contributed by atoms with van der Waals surface area (Å²) in [4.78, 5) is 0. The van der Waals surface area contributed by atoms with Crippen LogP contribution in [0.15, 0.2) is 0 Å². The van der Waals surface area contributed by atoms with Gasteiger partial charge in [-0.15, -0.1) is 0 Å². The normalized spacial score (nSPS) is 49.2. The van der Waals surface area contributed by atoms with Gasteiger partial charge in [-0.1, -0.05) is 0 Å². The molecule has 3 aliphatic carbocycles. The first-order valence-electron chi connectivity index (χ1n) is 7.43. The van der Waals surface area contributed by atoms with Crippen molar-refractivity contribution in [3.8, 4) is 0 Å². The Hall–Kier alpha value is -0.185. The van der Waals surface area contributed by atoms with Crippen LogP contribution in [0.1, 0.15) is 46.5 Å². The van der Waals surface area contributed by atoms with E-state index in [1.54, 1.807) is 5.92 Å². The molecule has 0 aromatic rings. The van der Waals surface area contributed by atoms with Gasteiger partial charge in [0.2, 0.25) is 0 Å². The van der Waals surface area contributed by atoms with Crippen molar-refractivity contribution in [3.63, 3.8) is 0 Å². The second kappa shape index (κ2) is 3.47. The summed E-state index contributed by atoms with van der Waals surface area (Å²) in [5.41, 5.74) is 0.312. The van der Waals surface area contributed by atoms with Gasteiger partial charge in [0.25, 0.3) is 0 Å². The predicted octanol–water partition coefficient (Wildman–Crippen LogP) is 1.96. The Labute approximate surface area is 110 Å². The highest BCUT2D eigenvalue weighted by atomic mass is 16.7. The summed E-state index contributed by atoms with van der Waals surface area (Å²) in [6.45, 7) is 8.15. The van der Waals surface area contributed by atoms with E-state index in [4.69, 9.17) is 9.31 Å². The van der Waals surface area contributed by atoms with Crippen molar-refractivity contribution in [2.75, 3.05) is 6.54 Å². The monoisotopic (exact) mass is 248 g/mol. The topological polar surface area (TPSA) is 30.5 Å². The van der Waals surface area contributed by atoms with E-state index in [-0.39, 0.29) is 12.7 Å². The average Bonchev–Trinajstić information content (AvgIpc) is 2.92. The first-order chi connectivity index (χ1) is 8.52. The van der Waals surface area contributed by atoms with E-state index in [0.29, 0.717) is 23.4 Å². The molecular weight excluding hydrogens is 225 g/mol. The van der Waals surface area contributed by atoms with E-state index in [9.17, 15) is 0 Å². The van der Waals surface area contributed by atoms with Crippen molar-refractivity contribution in [1.82, 2.24) is 5.32 Å². The molecule has 3 saturated carbocycles. The van der Waals surface area contributed by atoms with E-state index >= 15 is 0 Å². The zero-order valence-corrected chi connectivity index (χ0v) is 11.7. The minimum absolute atomic E-state index is 0.0155. The Morgan fingerprint density at radius 1 is 1.28 bits per heavy atom. The molecule has 1 N–H and O–H groups in total. The smallest absolute Gasteiger partial charge is 0.401 e. The van der Waals surface area contributed by atoms with Gasteiger partial charge < -0.3 is 14.6 Å². The van der Waals surface area contributed by atoms with Crippen LogP contribution < -0.4 is 5.32 Å². The maximum Gasteiger partial charge on any atom is 0.476 e. The Bertz CT molecular complexity index is 369. The molecule has 4 atom stereocenters. The van der Waals surface area contributed by atoms with Crippen molar-refractivity contribution < 1.29 is 9.31 Å². The highest BCUT2D eigenvalue weighted by Gasteiger charge is 2.75. The van der Waals surface area contributed by atoms with Crippen molar-refractivity contribution >= 4 is 7.12 Å². The highest BCUT2D eigenvalue weighted by Crippen LogP contribution is 2.67. The van der Waals surface area contributed by atoms with Crippen LogP contribution in [0, 0.1) is 17.3 Å². The highest BCUT2D eigenvalue weighted by molar-refractivity contribution is 6.47. The Morgan fingerprint density at radius 2 is 2.11 bits per heavy atom. The van der Waals surface area contributed by atoms with Crippen LogP contribution in [0.4, 0.5) is 0 Å². The van der Waals surface area contributed by atoms with Crippen LogP contribution in [0.5, 0.6) is 0 Å². The molecule has 3 nitrogen and oxygen atoms in total. The molecule has 2 aliphatic heterocycles. The summed E-state index contributed by atoms with van der Waals surface area (Å²) in [5, 5.41) is 3.52. The molecule has 2 unspecified atom stereocenters. The lowest BCUT2D eigenvalue weighted by Gasteiger charge is -2.55. The molecule has 0 aromatic heterocycles. The van der Waals surface area contributed by atoms with Crippen molar-refractivity contribution in [1.29, 1.82) is 0 Å². The average molecular weight is 248 g/mol. The van der Waals surface area contributed by atoms with Gasteiger partial charge in [-0.3, -0.25) is 0 Å². The maximum absolute atomic E-state index is 6.42. The Balaban J connectivity index is 1.57. The summed E-state index contributed by atoms with van der Waals surface area (Å²) in [7, 11) is -0.0155. The first-order valence-corrected chi connectivity index (χ1v) is 7.43. The number of nitrogens with one attached hydrogen (secondary N) is 1. The summed E-state index contributed by atoms with van der Waals surface area (Å²) < 4.78 is 12.7. The molecule has 0 spiro atoms. The van der Waals surface area contributed by atoms with Crippen LogP contribution in [0.2, 0.25) is 0 Å². The first kappa shape index (κ1) is 11.6. The number of rotatable bonds is 1. The van der Waals surface area contributed by atoms with E-state index in [1.807, 2.05) is 0 Å². The van der Waals surface area contributed by atoms with Gasteiger partial charge in [0, 0.05) is 5.94 Å². The fourth-order valence-electron chi connectivity index (χ4n) is 4.70. The molecule has 2 heterocycles. The lowest BCUT2D eigenvalue weighted by atomic mass is 9.43. The van der Waals surface area contributed by atoms with Gasteiger partial charge in [-0.2, -0.15) is 0 Å². The Kier molecular flexibility index (Phi) is 2.24. The predicted molar refractivity (Wildman–Crippen MR) is 70.9 cm³/mol. The minimum Gasteiger partial charge on any atom is -0.401 e. The standard InChI is InChI=1S/C14H23BNO2/c1-13(2)9-7-10(13)14(3)11(8-9)17-15(18-14)12-5-4-6-16-12/h10-12,16H,4-8H2,1-3H3/q+1/t10?,11?,12-,14-/m0/s1. The molecule has 18 heavy (non-hydrogen) atoms. The largest absolute Gasteiger partial charge is 0.476 e. The molecule has 4 heteroatoms. The molecule has 0 radical (unpaired) electrons. The second-order valence-corrected chi connectivity index (χ2v) is 7.28. The van der Waals surface area contributed by atoms with Crippen LogP contribution in [0.3, 0.4) is 0 Å². The number of hydrogen-bond donors (Lipinski definition) is 1. The fraction of sp³-hybridized carbons (Fsp3) is 0.929. The molecule has 2 bridgehead atoms. The Morgan fingerprint density at radius 3 is 2.78 bits per heavy atom. The molecule has 5 aliphatic rings. The van der Waals surface area contributed by atoms with E-state index in [1.165, 1.54) is 19.3 Å². The van der Waals surface area contributed by atoms with Gasteiger partial charge >= 0.3 is 7.12 Å². The minimum atomic E-state index is -0.0554. The SMILES string of the molecule is CC1(C)[C+]2CC3OB([C@@H]4CCCN4)O[C@@]3(C)C1C2. The van der Waals surface area contributed by atoms with Crippen molar-refractivity contribution in [2.45, 2.75) is 64.1 Å². The number of hydrogen-bond acceptors (Lipinski definition) is 3. The molecule has 2 saturated heterocycles. The summed E-state index contributed by atoms with van der Waals surface area (Å²) in [6, 6.07) is 0. The third kappa shape index (κ3) is 1.29. The third-order valence-electron chi connectivity index (χ3n) is 6.09. The van der Waals surface area contributed by atoms with E-state index < -0.39 is 0 Å². The van der Waals surface area contributed by atoms with Crippen LogP contribution >= 0.6 is 0 Å². The fourth-order valence-corrected chi connectivity index (χ4v) is 4.70. The molecule has 98 valence electrons. The molecule has 5 fully saturated rings. The maximum atomic E-state index is 6.42. The van der Waals surface area contributed by atoms with Gasteiger partial charge in [0.05, 0.1) is 17.4 Å².